The summed E-state index contributed by atoms with van der Waals surface area (Å²) in [5.41, 5.74) is 4.22. The molecule has 0 aliphatic heterocycles. The van der Waals surface area contributed by atoms with Gasteiger partial charge in [-0.3, -0.25) is 16.0 Å². The largest absolute Gasteiger partial charge is 0.383 e. The van der Waals surface area contributed by atoms with Gasteiger partial charge in [0.2, 0.25) is 0 Å². The summed E-state index contributed by atoms with van der Waals surface area (Å²) in [6, 6.07) is 0.192. The van der Waals surface area contributed by atoms with Crippen LogP contribution in [0.2, 0.25) is 0 Å². The van der Waals surface area contributed by atoms with Crippen LogP contribution in [-0.2, 0) is 11.3 Å². The SMILES string of the molecule is COCCn1ncc(Br)c1C(NN)C1C2CCCCC21. The summed E-state index contributed by atoms with van der Waals surface area (Å²) in [5.74, 6) is 8.25. The van der Waals surface area contributed by atoms with Crippen molar-refractivity contribution in [1.29, 1.82) is 0 Å². The molecule has 0 amide bonds. The van der Waals surface area contributed by atoms with Gasteiger partial charge in [0.05, 0.1) is 35.6 Å². The molecule has 0 spiro atoms. The minimum absolute atomic E-state index is 0.192. The fraction of sp³-hybridized carbons (Fsp3) is 0.786. The van der Waals surface area contributed by atoms with E-state index in [0.717, 1.165) is 22.9 Å². The predicted octanol–water partition coefficient (Wildman–Crippen LogP) is 2.23. The minimum Gasteiger partial charge on any atom is -0.383 e. The number of aromatic nitrogens is 2. The molecule has 3 N–H and O–H groups in total. The maximum absolute atomic E-state index is 5.88. The molecule has 3 rings (SSSR count). The van der Waals surface area contributed by atoms with Gasteiger partial charge in [0.1, 0.15) is 0 Å². The van der Waals surface area contributed by atoms with E-state index in [1.165, 1.54) is 31.4 Å². The number of rotatable bonds is 6. The summed E-state index contributed by atoms with van der Waals surface area (Å²) in [4.78, 5) is 0. The van der Waals surface area contributed by atoms with E-state index in [1.807, 2.05) is 10.9 Å². The molecule has 1 aromatic heterocycles. The second-order valence-electron chi connectivity index (χ2n) is 5.93. The number of methoxy groups -OCH3 is 1. The Balaban J connectivity index is 1.80. The molecule has 0 radical (unpaired) electrons. The number of hydrazine groups is 1. The predicted molar refractivity (Wildman–Crippen MR) is 80.8 cm³/mol. The van der Waals surface area contributed by atoms with Crippen molar-refractivity contribution >= 4 is 15.9 Å². The zero-order valence-electron chi connectivity index (χ0n) is 11.9. The van der Waals surface area contributed by atoms with Gasteiger partial charge in [0.25, 0.3) is 0 Å². The first-order valence-corrected chi connectivity index (χ1v) is 8.23. The van der Waals surface area contributed by atoms with Gasteiger partial charge < -0.3 is 4.74 Å². The summed E-state index contributed by atoms with van der Waals surface area (Å²) in [6.07, 6.45) is 7.33. The van der Waals surface area contributed by atoms with Gasteiger partial charge in [0.15, 0.2) is 0 Å². The lowest BCUT2D eigenvalue weighted by molar-refractivity contribution is 0.181. The minimum atomic E-state index is 0.192. The monoisotopic (exact) mass is 342 g/mol. The summed E-state index contributed by atoms with van der Waals surface area (Å²) in [5, 5.41) is 4.44. The zero-order valence-corrected chi connectivity index (χ0v) is 13.5. The fourth-order valence-electron chi connectivity index (χ4n) is 3.95. The van der Waals surface area contributed by atoms with E-state index in [0.29, 0.717) is 12.5 Å². The Bertz CT molecular complexity index is 452. The third-order valence-corrected chi connectivity index (χ3v) is 5.53. The van der Waals surface area contributed by atoms with E-state index in [1.54, 1.807) is 7.11 Å². The number of fused-ring (bicyclic) bond motifs is 1. The maximum atomic E-state index is 5.88. The molecule has 6 heteroatoms. The first-order valence-electron chi connectivity index (χ1n) is 7.44. The molecule has 2 aliphatic carbocycles. The number of nitrogens with zero attached hydrogens (tertiary/aromatic N) is 2. The molecule has 2 saturated carbocycles. The Morgan fingerprint density at radius 2 is 2.20 bits per heavy atom. The van der Waals surface area contributed by atoms with Crippen molar-refractivity contribution < 1.29 is 4.74 Å². The van der Waals surface area contributed by atoms with Crippen molar-refractivity contribution in [3.8, 4) is 0 Å². The number of nitrogens with two attached hydrogens (primary N) is 1. The van der Waals surface area contributed by atoms with Crippen LogP contribution in [0.1, 0.15) is 37.4 Å². The Kier molecular flexibility index (Phi) is 4.45. The van der Waals surface area contributed by atoms with E-state index >= 15 is 0 Å². The van der Waals surface area contributed by atoms with Crippen molar-refractivity contribution in [1.82, 2.24) is 15.2 Å². The molecule has 0 aromatic carbocycles. The average molecular weight is 343 g/mol. The zero-order chi connectivity index (χ0) is 14.1. The van der Waals surface area contributed by atoms with E-state index in [9.17, 15) is 0 Å². The molecule has 1 heterocycles. The fourth-order valence-corrected chi connectivity index (χ4v) is 4.49. The number of ether oxygens (including phenoxy) is 1. The second-order valence-corrected chi connectivity index (χ2v) is 6.78. The topological polar surface area (TPSA) is 65.1 Å². The molecule has 0 bridgehead atoms. The van der Waals surface area contributed by atoms with Crippen LogP contribution in [0.15, 0.2) is 10.7 Å². The molecular formula is C14H23BrN4O. The van der Waals surface area contributed by atoms with Crippen LogP contribution in [0, 0.1) is 17.8 Å². The van der Waals surface area contributed by atoms with Crippen molar-refractivity contribution in [2.24, 2.45) is 23.6 Å². The first kappa shape index (κ1) is 14.5. The molecule has 2 aliphatic rings. The summed E-state index contributed by atoms with van der Waals surface area (Å²) in [6.45, 7) is 1.42. The third kappa shape index (κ3) is 2.54. The Labute approximate surface area is 128 Å². The van der Waals surface area contributed by atoms with Crippen LogP contribution < -0.4 is 11.3 Å². The maximum Gasteiger partial charge on any atom is 0.0713 e. The highest BCUT2D eigenvalue weighted by Crippen LogP contribution is 2.60. The quantitative estimate of drug-likeness (QED) is 0.614. The number of nitrogens with one attached hydrogen (secondary N) is 1. The third-order valence-electron chi connectivity index (χ3n) is 4.92. The van der Waals surface area contributed by atoms with E-state index in [2.05, 4.69) is 26.5 Å². The van der Waals surface area contributed by atoms with Crippen molar-refractivity contribution in [2.45, 2.75) is 38.3 Å². The number of halogens is 1. The van der Waals surface area contributed by atoms with Crippen LogP contribution in [0.5, 0.6) is 0 Å². The summed E-state index contributed by atoms with van der Waals surface area (Å²) < 4.78 is 8.22. The second kappa shape index (κ2) is 6.13. The first-order chi connectivity index (χ1) is 9.77. The molecule has 5 nitrogen and oxygen atoms in total. The van der Waals surface area contributed by atoms with Crippen LogP contribution in [0.3, 0.4) is 0 Å². The highest BCUT2D eigenvalue weighted by atomic mass is 79.9. The Hall–Kier alpha value is -0.430. The lowest BCUT2D eigenvalue weighted by atomic mass is 10.0. The van der Waals surface area contributed by atoms with Crippen molar-refractivity contribution in [3.63, 3.8) is 0 Å². The highest BCUT2D eigenvalue weighted by molar-refractivity contribution is 9.10. The van der Waals surface area contributed by atoms with Gasteiger partial charge in [-0.15, -0.1) is 0 Å². The molecule has 20 heavy (non-hydrogen) atoms. The van der Waals surface area contributed by atoms with Gasteiger partial charge in [-0.05, 0) is 46.5 Å². The number of hydrogen-bond acceptors (Lipinski definition) is 4. The molecule has 0 saturated heterocycles. The van der Waals surface area contributed by atoms with Crippen molar-refractivity contribution in [3.05, 3.63) is 16.4 Å². The van der Waals surface area contributed by atoms with Crippen LogP contribution >= 0.6 is 15.9 Å². The molecule has 2 fully saturated rings. The molecule has 1 aromatic rings. The van der Waals surface area contributed by atoms with Gasteiger partial charge in [-0.2, -0.15) is 5.10 Å². The van der Waals surface area contributed by atoms with Crippen LogP contribution in [0.4, 0.5) is 0 Å². The lowest BCUT2D eigenvalue weighted by Crippen LogP contribution is -2.32. The Morgan fingerprint density at radius 3 is 2.80 bits per heavy atom. The van der Waals surface area contributed by atoms with Crippen molar-refractivity contribution in [2.75, 3.05) is 13.7 Å². The van der Waals surface area contributed by atoms with Gasteiger partial charge in [-0.25, -0.2) is 0 Å². The molecule has 112 valence electrons. The van der Waals surface area contributed by atoms with E-state index in [4.69, 9.17) is 10.6 Å². The van der Waals surface area contributed by atoms with E-state index in [-0.39, 0.29) is 6.04 Å². The average Bonchev–Trinajstić information content (AvgIpc) is 3.08. The van der Waals surface area contributed by atoms with E-state index < -0.39 is 0 Å². The van der Waals surface area contributed by atoms with Gasteiger partial charge in [0, 0.05) is 7.11 Å². The van der Waals surface area contributed by atoms with Crippen LogP contribution in [-0.4, -0.2) is 23.5 Å². The lowest BCUT2D eigenvalue weighted by Gasteiger charge is -2.19. The molecule has 3 atom stereocenters. The summed E-state index contributed by atoms with van der Waals surface area (Å²) >= 11 is 3.63. The summed E-state index contributed by atoms with van der Waals surface area (Å²) in [7, 11) is 1.71. The Morgan fingerprint density at radius 1 is 1.50 bits per heavy atom. The highest BCUT2D eigenvalue weighted by Gasteiger charge is 2.55. The van der Waals surface area contributed by atoms with Gasteiger partial charge >= 0.3 is 0 Å². The molecule has 3 unspecified atom stereocenters. The van der Waals surface area contributed by atoms with Crippen LogP contribution in [0.25, 0.3) is 0 Å². The standard InChI is InChI=1S/C14H23BrN4O/c1-20-7-6-19-14(11(15)8-17-19)13(18-16)12-9-4-2-3-5-10(9)12/h8-10,12-13,18H,2-7,16H2,1H3. The smallest absolute Gasteiger partial charge is 0.0713 e. The number of hydrogen-bond donors (Lipinski definition) is 2. The molecular weight excluding hydrogens is 320 g/mol. The normalized spacial score (nSPS) is 30.1. The van der Waals surface area contributed by atoms with Gasteiger partial charge in [-0.1, -0.05) is 12.8 Å².